The van der Waals surface area contributed by atoms with Crippen molar-refractivity contribution < 1.29 is 4.79 Å². The van der Waals surface area contributed by atoms with Crippen LogP contribution < -0.4 is 5.32 Å². The van der Waals surface area contributed by atoms with Crippen molar-refractivity contribution in [3.63, 3.8) is 0 Å². The van der Waals surface area contributed by atoms with E-state index in [1.165, 1.54) is 0 Å². The number of carbonyl (C=O) groups excluding carboxylic acids is 1. The number of hydrogen-bond donors (Lipinski definition) is 1. The molecule has 20 heavy (non-hydrogen) atoms. The average molecular weight is 339 g/mol. The molecule has 4 nitrogen and oxygen atoms in total. The minimum atomic E-state index is -0.0761. The molecule has 112 valence electrons. The summed E-state index contributed by atoms with van der Waals surface area (Å²) in [5, 5.41) is 3.47. The van der Waals surface area contributed by atoms with Gasteiger partial charge in [-0.25, -0.2) is 4.79 Å². The first-order valence-electron chi connectivity index (χ1n) is 6.29. The zero-order valence-electron chi connectivity index (χ0n) is 11.0. The molecule has 0 aromatic heterocycles. The highest BCUT2D eigenvalue weighted by molar-refractivity contribution is 6.30. The summed E-state index contributed by atoms with van der Waals surface area (Å²) in [6, 6.07) is 7.09. The molecule has 1 aromatic rings. The second-order valence-electron chi connectivity index (χ2n) is 4.46. The third kappa shape index (κ3) is 5.02. The molecule has 1 fully saturated rings. The lowest BCUT2D eigenvalue weighted by Crippen LogP contribution is -2.50. The molecule has 0 saturated carbocycles. The van der Waals surface area contributed by atoms with Crippen LogP contribution in [0.15, 0.2) is 24.3 Å². The second-order valence-corrected chi connectivity index (χ2v) is 5.27. The standard InChI is InChI=1S/C13H17Cl2N3O.ClH/c14-4-5-17-6-8-18(9-7-17)13(19)16-12-3-1-2-11(15)10-12;/h1-3,10H,4-9H2,(H,16,19);1H. The highest BCUT2D eigenvalue weighted by Gasteiger charge is 2.20. The lowest BCUT2D eigenvalue weighted by Gasteiger charge is -2.34. The highest BCUT2D eigenvalue weighted by Crippen LogP contribution is 2.15. The van der Waals surface area contributed by atoms with E-state index in [9.17, 15) is 4.79 Å². The Labute approximate surface area is 135 Å². The number of carbonyl (C=O) groups is 1. The van der Waals surface area contributed by atoms with Crippen LogP contribution in [0.5, 0.6) is 0 Å². The van der Waals surface area contributed by atoms with E-state index in [0.29, 0.717) is 10.9 Å². The van der Waals surface area contributed by atoms with Crippen LogP contribution in [0.25, 0.3) is 0 Å². The Balaban J connectivity index is 0.00000200. The molecule has 0 atom stereocenters. The van der Waals surface area contributed by atoms with Gasteiger partial charge >= 0.3 is 6.03 Å². The summed E-state index contributed by atoms with van der Waals surface area (Å²) >= 11 is 11.6. The van der Waals surface area contributed by atoms with Gasteiger partial charge in [-0.2, -0.15) is 0 Å². The first-order chi connectivity index (χ1) is 9.19. The number of nitrogens with zero attached hydrogens (tertiary/aromatic N) is 2. The molecule has 1 aliphatic rings. The maximum absolute atomic E-state index is 12.1. The molecule has 2 rings (SSSR count). The van der Waals surface area contributed by atoms with E-state index >= 15 is 0 Å². The number of benzene rings is 1. The van der Waals surface area contributed by atoms with Gasteiger partial charge in [0.15, 0.2) is 0 Å². The molecular weight excluding hydrogens is 321 g/mol. The van der Waals surface area contributed by atoms with Crippen molar-refractivity contribution in [3.05, 3.63) is 29.3 Å². The maximum Gasteiger partial charge on any atom is 0.321 e. The van der Waals surface area contributed by atoms with E-state index in [-0.39, 0.29) is 18.4 Å². The van der Waals surface area contributed by atoms with Crippen LogP contribution >= 0.6 is 35.6 Å². The predicted octanol–water partition coefficient (Wildman–Crippen LogP) is 3.15. The van der Waals surface area contributed by atoms with Crippen LogP contribution in [0, 0.1) is 0 Å². The first-order valence-corrected chi connectivity index (χ1v) is 7.20. The van der Waals surface area contributed by atoms with Gasteiger partial charge in [0.2, 0.25) is 0 Å². The molecule has 1 saturated heterocycles. The molecule has 0 spiro atoms. The van der Waals surface area contributed by atoms with E-state index in [1.54, 1.807) is 12.1 Å². The maximum atomic E-state index is 12.1. The van der Waals surface area contributed by atoms with Crippen LogP contribution in [0.4, 0.5) is 10.5 Å². The largest absolute Gasteiger partial charge is 0.322 e. The van der Waals surface area contributed by atoms with E-state index in [2.05, 4.69) is 10.2 Å². The monoisotopic (exact) mass is 337 g/mol. The number of halogens is 3. The lowest BCUT2D eigenvalue weighted by atomic mass is 10.3. The van der Waals surface area contributed by atoms with Crippen molar-refractivity contribution in [1.82, 2.24) is 9.80 Å². The molecule has 2 amide bonds. The molecule has 0 aliphatic carbocycles. The second kappa shape index (κ2) is 8.57. The minimum absolute atomic E-state index is 0. The van der Waals surface area contributed by atoms with Crippen molar-refractivity contribution >= 4 is 47.3 Å². The van der Waals surface area contributed by atoms with Crippen molar-refractivity contribution in [3.8, 4) is 0 Å². The summed E-state index contributed by atoms with van der Waals surface area (Å²) < 4.78 is 0. The third-order valence-corrected chi connectivity index (χ3v) is 3.54. The van der Waals surface area contributed by atoms with E-state index < -0.39 is 0 Å². The minimum Gasteiger partial charge on any atom is -0.322 e. The molecule has 7 heteroatoms. The summed E-state index contributed by atoms with van der Waals surface area (Å²) in [4.78, 5) is 16.1. The molecule has 1 heterocycles. The SMILES string of the molecule is Cl.O=C(Nc1cccc(Cl)c1)N1CCN(CCCl)CC1. The van der Waals surface area contributed by atoms with Gasteiger partial charge in [-0.3, -0.25) is 4.90 Å². The molecule has 1 aromatic carbocycles. The van der Waals surface area contributed by atoms with Crippen LogP contribution in [0.2, 0.25) is 5.02 Å². The van der Waals surface area contributed by atoms with Crippen molar-refractivity contribution in [1.29, 1.82) is 0 Å². The van der Waals surface area contributed by atoms with Gasteiger partial charge in [-0.05, 0) is 18.2 Å². The number of alkyl halides is 1. The molecular formula is C13H18Cl3N3O. The van der Waals surface area contributed by atoms with Crippen molar-refractivity contribution in [2.75, 3.05) is 43.9 Å². The normalized spacial score (nSPS) is 15.6. The third-order valence-electron chi connectivity index (χ3n) is 3.14. The van der Waals surface area contributed by atoms with E-state index in [0.717, 1.165) is 38.4 Å². The number of piperazine rings is 1. The van der Waals surface area contributed by atoms with Crippen LogP contribution in [-0.4, -0.2) is 54.4 Å². The van der Waals surface area contributed by atoms with Gasteiger partial charge in [0.25, 0.3) is 0 Å². The fourth-order valence-electron chi connectivity index (χ4n) is 2.06. The number of nitrogens with one attached hydrogen (secondary N) is 1. The summed E-state index contributed by atoms with van der Waals surface area (Å²) in [7, 11) is 0. The van der Waals surface area contributed by atoms with Crippen LogP contribution in [0.3, 0.4) is 0 Å². The summed E-state index contributed by atoms with van der Waals surface area (Å²) in [6.07, 6.45) is 0. The Morgan fingerprint density at radius 1 is 1.25 bits per heavy atom. The number of rotatable bonds is 3. The Morgan fingerprint density at radius 2 is 1.95 bits per heavy atom. The Morgan fingerprint density at radius 3 is 2.55 bits per heavy atom. The quantitative estimate of drug-likeness (QED) is 0.859. The number of hydrogen-bond acceptors (Lipinski definition) is 2. The van der Waals surface area contributed by atoms with Gasteiger partial charge in [-0.1, -0.05) is 17.7 Å². The summed E-state index contributed by atoms with van der Waals surface area (Å²) in [6.45, 7) is 4.07. The molecule has 1 aliphatic heterocycles. The smallest absolute Gasteiger partial charge is 0.321 e. The van der Waals surface area contributed by atoms with Crippen molar-refractivity contribution in [2.24, 2.45) is 0 Å². The highest BCUT2D eigenvalue weighted by atomic mass is 35.5. The summed E-state index contributed by atoms with van der Waals surface area (Å²) in [5.41, 5.74) is 0.723. The average Bonchev–Trinajstić information content (AvgIpc) is 2.40. The molecule has 0 radical (unpaired) electrons. The fraction of sp³-hybridized carbons (Fsp3) is 0.462. The number of amides is 2. The van der Waals surface area contributed by atoms with Crippen molar-refractivity contribution in [2.45, 2.75) is 0 Å². The molecule has 1 N–H and O–H groups in total. The van der Waals surface area contributed by atoms with Crippen LogP contribution in [-0.2, 0) is 0 Å². The number of anilines is 1. The van der Waals surface area contributed by atoms with E-state index in [1.807, 2.05) is 17.0 Å². The molecule has 0 unspecified atom stereocenters. The zero-order valence-corrected chi connectivity index (χ0v) is 13.3. The molecule has 0 bridgehead atoms. The predicted molar refractivity (Wildman–Crippen MR) is 86.5 cm³/mol. The first kappa shape index (κ1) is 17.4. The Hall–Kier alpha value is -0.680. The van der Waals surface area contributed by atoms with Gasteiger partial charge in [0.1, 0.15) is 0 Å². The Bertz CT molecular complexity index is 437. The number of urea groups is 1. The summed E-state index contributed by atoms with van der Waals surface area (Å²) in [5.74, 6) is 0.634. The zero-order chi connectivity index (χ0) is 13.7. The van der Waals surface area contributed by atoms with Gasteiger partial charge in [0, 0.05) is 49.3 Å². The van der Waals surface area contributed by atoms with Crippen LogP contribution in [0.1, 0.15) is 0 Å². The van der Waals surface area contributed by atoms with Gasteiger partial charge in [0.05, 0.1) is 0 Å². The van der Waals surface area contributed by atoms with Gasteiger partial charge < -0.3 is 10.2 Å². The fourth-order valence-corrected chi connectivity index (χ4v) is 2.49. The lowest BCUT2D eigenvalue weighted by molar-refractivity contribution is 0.152. The van der Waals surface area contributed by atoms with Gasteiger partial charge in [-0.15, -0.1) is 24.0 Å². The van der Waals surface area contributed by atoms with E-state index in [4.69, 9.17) is 23.2 Å². The topological polar surface area (TPSA) is 35.6 Å². The Kier molecular flexibility index (Phi) is 7.45.